The van der Waals surface area contributed by atoms with Gasteiger partial charge < -0.3 is 24.4 Å². The summed E-state index contributed by atoms with van der Waals surface area (Å²) in [5, 5.41) is 12.5. The lowest BCUT2D eigenvalue weighted by Gasteiger charge is -2.37. The molecule has 44 heavy (non-hydrogen) atoms. The van der Waals surface area contributed by atoms with Crippen molar-refractivity contribution in [3.63, 3.8) is 0 Å². The number of benzene rings is 2. The molecule has 1 N–H and O–H groups in total. The molecule has 0 radical (unpaired) electrons. The van der Waals surface area contributed by atoms with Crippen LogP contribution in [0.15, 0.2) is 60.7 Å². The molecule has 230 valence electrons. The first-order chi connectivity index (χ1) is 21.6. The Hall–Kier alpha value is -3.60. The van der Waals surface area contributed by atoms with Crippen LogP contribution in [-0.2, 0) is 25.5 Å². The SMILES string of the molecule is O=C(NC1CCCCC1)[C@H]1[C@H]2O[C@@H]3OC4(CCCCC4)O[C@@H]3[C@H]2n2nnc(-c3ccccc3)c2C(=O)N1Cc1ccccc1. The van der Waals surface area contributed by atoms with E-state index in [1.165, 1.54) is 6.42 Å². The van der Waals surface area contributed by atoms with Crippen molar-refractivity contribution < 1.29 is 23.8 Å². The highest BCUT2D eigenvalue weighted by atomic mass is 16.8. The van der Waals surface area contributed by atoms with Gasteiger partial charge in [0, 0.05) is 31.0 Å². The number of fused-ring (bicyclic) bond motifs is 5. The molecule has 3 aromatic rings. The molecule has 2 amide bonds. The number of amides is 2. The maximum atomic E-state index is 14.8. The quantitative estimate of drug-likeness (QED) is 0.452. The Kier molecular flexibility index (Phi) is 7.23. The predicted octanol–water partition coefficient (Wildman–Crippen LogP) is 4.76. The van der Waals surface area contributed by atoms with E-state index in [1.54, 1.807) is 9.58 Å². The van der Waals surface area contributed by atoms with Gasteiger partial charge in [-0.05, 0) is 31.2 Å². The zero-order valence-electron chi connectivity index (χ0n) is 24.8. The molecule has 2 saturated heterocycles. The van der Waals surface area contributed by atoms with Gasteiger partial charge in [-0.2, -0.15) is 0 Å². The van der Waals surface area contributed by atoms with Crippen molar-refractivity contribution in [3.05, 3.63) is 71.9 Å². The molecular formula is C34H39N5O5. The fourth-order valence-corrected chi connectivity index (χ4v) is 7.94. The standard InChI is InChI=1S/C34H39N5O5/c40-31(35-24-17-9-3-10-18-24)28-29-27(30-33(42-29)44-34(43-30)19-11-4-12-20-34)39-26(25(36-37-39)23-15-7-2-8-16-23)32(41)38(28)21-22-13-5-1-6-14-22/h1-2,5-8,13-16,24,27-30,33H,3-4,9-12,17-21H2,(H,35,40)/t27-,28+,29-,30+,33+/m0/s1. The number of nitrogens with zero attached hydrogens (tertiary/aromatic N) is 4. The second-order valence-electron chi connectivity index (χ2n) is 12.9. The molecule has 10 heteroatoms. The van der Waals surface area contributed by atoms with Gasteiger partial charge in [0.2, 0.25) is 5.91 Å². The van der Waals surface area contributed by atoms with Crippen LogP contribution in [-0.4, -0.2) is 68.1 Å². The van der Waals surface area contributed by atoms with Crippen LogP contribution in [0.4, 0.5) is 0 Å². The van der Waals surface area contributed by atoms with E-state index >= 15 is 0 Å². The first kappa shape index (κ1) is 27.9. The smallest absolute Gasteiger partial charge is 0.275 e. The molecule has 2 aliphatic carbocycles. The van der Waals surface area contributed by atoms with E-state index in [-0.39, 0.29) is 24.4 Å². The third-order valence-corrected chi connectivity index (χ3v) is 10.1. The molecule has 8 rings (SSSR count). The maximum absolute atomic E-state index is 14.8. The average Bonchev–Trinajstić information content (AvgIpc) is 3.71. The highest BCUT2D eigenvalue weighted by Gasteiger charge is 2.64. The number of carbonyl (C=O) groups excluding carboxylic acids is 2. The van der Waals surface area contributed by atoms with Gasteiger partial charge >= 0.3 is 0 Å². The highest BCUT2D eigenvalue weighted by Crippen LogP contribution is 2.51. The third kappa shape index (κ3) is 4.83. The molecule has 2 saturated carbocycles. The Morgan fingerprint density at radius 1 is 0.886 bits per heavy atom. The monoisotopic (exact) mass is 597 g/mol. The summed E-state index contributed by atoms with van der Waals surface area (Å²) in [5.74, 6) is -1.22. The lowest BCUT2D eigenvalue weighted by Crippen LogP contribution is -2.57. The van der Waals surface area contributed by atoms with E-state index in [1.807, 2.05) is 60.7 Å². The Morgan fingerprint density at radius 3 is 2.34 bits per heavy atom. The summed E-state index contributed by atoms with van der Waals surface area (Å²) in [5.41, 5.74) is 2.52. The Morgan fingerprint density at radius 2 is 1.59 bits per heavy atom. The van der Waals surface area contributed by atoms with Crippen LogP contribution < -0.4 is 5.32 Å². The normalized spacial score (nSPS) is 29.6. The largest absolute Gasteiger partial charge is 0.351 e. The van der Waals surface area contributed by atoms with Crippen molar-refractivity contribution in [1.29, 1.82) is 0 Å². The Balaban J connectivity index is 1.25. The minimum atomic E-state index is -0.917. The van der Waals surface area contributed by atoms with Crippen LogP contribution in [0.25, 0.3) is 11.3 Å². The topological polar surface area (TPSA) is 108 Å². The zero-order chi connectivity index (χ0) is 29.7. The molecule has 1 aromatic heterocycles. The van der Waals surface area contributed by atoms with Gasteiger partial charge in [0.15, 0.2) is 17.8 Å². The number of aromatic nitrogens is 3. The molecule has 1 spiro atoms. The third-order valence-electron chi connectivity index (χ3n) is 10.1. The molecule has 4 fully saturated rings. The summed E-state index contributed by atoms with van der Waals surface area (Å²) in [6, 6.07) is 18.0. The van der Waals surface area contributed by atoms with Gasteiger partial charge in [-0.15, -0.1) is 5.10 Å². The molecule has 3 aliphatic heterocycles. The number of rotatable bonds is 5. The Bertz CT molecular complexity index is 1500. The first-order valence-electron chi connectivity index (χ1n) is 16.3. The van der Waals surface area contributed by atoms with Crippen molar-refractivity contribution in [2.75, 3.05) is 0 Å². The van der Waals surface area contributed by atoms with Gasteiger partial charge in [-0.3, -0.25) is 9.59 Å². The van der Waals surface area contributed by atoms with E-state index in [0.717, 1.165) is 68.9 Å². The minimum Gasteiger partial charge on any atom is -0.351 e. The Labute approximate surface area is 257 Å². The molecular weight excluding hydrogens is 558 g/mol. The summed E-state index contributed by atoms with van der Waals surface area (Å²) in [7, 11) is 0. The van der Waals surface area contributed by atoms with Gasteiger partial charge in [0.25, 0.3) is 5.91 Å². The maximum Gasteiger partial charge on any atom is 0.275 e. The van der Waals surface area contributed by atoms with E-state index in [4.69, 9.17) is 14.2 Å². The summed E-state index contributed by atoms with van der Waals surface area (Å²) in [6.45, 7) is 0.232. The van der Waals surface area contributed by atoms with Crippen molar-refractivity contribution in [3.8, 4) is 11.3 Å². The molecule has 5 aliphatic rings. The van der Waals surface area contributed by atoms with Gasteiger partial charge in [-0.1, -0.05) is 91.6 Å². The number of carbonyl (C=O) groups is 2. The second-order valence-corrected chi connectivity index (χ2v) is 12.9. The van der Waals surface area contributed by atoms with E-state index in [9.17, 15) is 9.59 Å². The minimum absolute atomic E-state index is 0.0733. The number of hydrogen-bond donors (Lipinski definition) is 1. The fraction of sp³-hybridized carbons (Fsp3) is 0.529. The van der Waals surface area contributed by atoms with Crippen LogP contribution in [0.1, 0.15) is 86.3 Å². The highest BCUT2D eigenvalue weighted by molar-refractivity contribution is 6.01. The van der Waals surface area contributed by atoms with Crippen molar-refractivity contribution in [1.82, 2.24) is 25.2 Å². The van der Waals surface area contributed by atoms with Crippen molar-refractivity contribution in [2.24, 2.45) is 0 Å². The fourth-order valence-electron chi connectivity index (χ4n) is 7.94. The average molecular weight is 598 g/mol. The van der Waals surface area contributed by atoms with Crippen LogP contribution in [0.2, 0.25) is 0 Å². The second kappa shape index (κ2) is 11.4. The number of ether oxygens (including phenoxy) is 3. The molecule has 2 aromatic carbocycles. The first-order valence-corrected chi connectivity index (χ1v) is 16.3. The summed E-state index contributed by atoms with van der Waals surface area (Å²) in [6.07, 6.45) is 8.06. The molecule has 10 nitrogen and oxygen atoms in total. The van der Waals surface area contributed by atoms with E-state index < -0.39 is 36.4 Å². The summed E-state index contributed by atoms with van der Waals surface area (Å²) < 4.78 is 21.7. The molecule has 4 heterocycles. The predicted molar refractivity (Wildman–Crippen MR) is 160 cm³/mol. The number of hydrogen-bond acceptors (Lipinski definition) is 7. The molecule has 0 unspecified atom stereocenters. The van der Waals surface area contributed by atoms with E-state index in [0.29, 0.717) is 11.4 Å². The lowest BCUT2D eigenvalue weighted by molar-refractivity contribution is -0.244. The van der Waals surface area contributed by atoms with E-state index in [2.05, 4.69) is 15.6 Å². The molecule has 0 bridgehead atoms. The van der Waals surface area contributed by atoms with Crippen molar-refractivity contribution in [2.45, 2.75) is 113 Å². The van der Waals surface area contributed by atoms with Crippen LogP contribution in [0.5, 0.6) is 0 Å². The number of nitrogens with one attached hydrogen (secondary N) is 1. The zero-order valence-corrected chi connectivity index (χ0v) is 24.8. The van der Waals surface area contributed by atoms with Gasteiger partial charge in [-0.25, -0.2) is 4.68 Å². The van der Waals surface area contributed by atoms with Crippen LogP contribution in [0, 0.1) is 0 Å². The summed E-state index contributed by atoms with van der Waals surface area (Å²) in [4.78, 5) is 30.9. The summed E-state index contributed by atoms with van der Waals surface area (Å²) >= 11 is 0. The van der Waals surface area contributed by atoms with Gasteiger partial charge in [0.05, 0.1) is 0 Å². The molecule has 5 atom stereocenters. The lowest BCUT2D eigenvalue weighted by atomic mass is 9.93. The van der Waals surface area contributed by atoms with Crippen LogP contribution in [0.3, 0.4) is 0 Å². The van der Waals surface area contributed by atoms with Crippen molar-refractivity contribution >= 4 is 11.8 Å². The van der Waals surface area contributed by atoms with Crippen LogP contribution >= 0.6 is 0 Å². The van der Waals surface area contributed by atoms with Gasteiger partial charge in [0.1, 0.15) is 30.0 Å².